The number of alkyl halides is 2. The maximum Gasteiger partial charge on any atom is 0.318 e. The van der Waals surface area contributed by atoms with E-state index in [1.165, 1.54) is 0 Å². The number of halogens is 2. The van der Waals surface area contributed by atoms with Crippen LogP contribution < -0.4 is 11.1 Å². The number of esters is 1. The van der Waals surface area contributed by atoms with Gasteiger partial charge >= 0.3 is 12.0 Å². The minimum absolute atomic E-state index is 0.254. The Morgan fingerprint density at radius 2 is 1.79 bits per heavy atom. The minimum Gasteiger partial charge on any atom is -0.451 e. The summed E-state index contributed by atoms with van der Waals surface area (Å²) in [6.45, 7) is 4.89. The van der Waals surface area contributed by atoms with Crippen molar-refractivity contribution in [1.29, 1.82) is 0 Å². The second kappa shape index (κ2) is 5.17. The summed E-state index contributed by atoms with van der Waals surface area (Å²) in [6.07, 6.45) is -0.869. The summed E-state index contributed by atoms with van der Waals surface area (Å²) in [4.78, 5) is 34.3. The molecular weight excluding hydrogens is 295 g/mol. The highest BCUT2D eigenvalue weighted by Gasteiger charge is 2.69. The number of nitrogens with one attached hydrogen (secondary N) is 1. The number of primary amides is 1. The summed E-state index contributed by atoms with van der Waals surface area (Å²) in [6, 6.07) is -1.01. The molecule has 108 valence electrons. The van der Waals surface area contributed by atoms with Crippen molar-refractivity contribution in [3.8, 4) is 0 Å². The molecule has 1 aliphatic rings. The molecule has 0 aromatic carbocycles. The first kappa shape index (κ1) is 16.0. The van der Waals surface area contributed by atoms with E-state index in [1.807, 2.05) is 5.32 Å². The zero-order chi connectivity index (χ0) is 15.0. The standard InChI is InChI=1S/C11H16Cl2N2O4/c1-5(2)6(7(16)15-9(14)18)19-8(17)10(3)4-11(10,12)13/h5-6H,4H2,1-3H3,(H3,14,15,16,18)/t6-,10-/m0/s1. The number of carbonyl (C=O) groups is 3. The minimum atomic E-state index is -1.17. The van der Waals surface area contributed by atoms with Crippen molar-refractivity contribution >= 4 is 41.1 Å². The smallest absolute Gasteiger partial charge is 0.318 e. The van der Waals surface area contributed by atoms with Gasteiger partial charge in [0.25, 0.3) is 5.91 Å². The van der Waals surface area contributed by atoms with Gasteiger partial charge in [0.05, 0.1) is 0 Å². The zero-order valence-electron chi connectivity index (χ0n) is 10.8. The van der Waals surface area contributed by atoms with Crippen molar-refractivity contribution in [1.82, 2.24) is 5.32 Å². The second-order valence-corrected chi connectivity index (χ2v) is 6.62. The lowest BCUT2D eigenvalue weighted by Crippen LogP contribution is -2.46. The molecule has 1 saturated carbocycles. The summed E-state index contributed by atoms with van der Waals surface area (Å²) in [5.41, 5.74) is 3.82. The molecule has 19 heavy (non-hydrogen) atoms. The number of hydrogen-bond acceptors (Lipinski definition) is 4. The van der Waals surface area contributed by atoms with E-state index in [4.69, 9.17) is 33.7 Å². The van der Waals surface area contributed by atoms with Gasteiger partial charge in [-0.15, -0.1) is 23.2 Å². The molecule has 0 spiro atoms. The van der Waals surface area contributed by atoms with Crippen LogP contribution in [-0.2, 0) is 14.3 Å². The van der Waals surface area contributed by atoms with Crippen molar-refractivity contribution in [2.45, 2.75) is 37.6 Å². The first-order valence-corrected chi connectivity index (χ1v) is 6.46. The Bertz CT molecular complexity index is 425. The van der Waals surface area contributed by atoms with E-state index in [1.54, 1.807) is 20.8 Å². The molecule has 0 radical (unpaired) electrons. The van der Waals surface area contributed by atoms with Crippen molar-refractivity contribution in [2.24, 2.45) is 17.1 Å². The average molecular weight is 311 g/mol. The summed E-state index contributed by atoms with van der Waals surface area (Å²) in [7, 11) is 0. The number of urea groups is 1. The molecule has 1 rings (SSSR count). The molecule has 0 bridgehead atoms. The highest BCUT2D eigenvalue weighted by molar-refractivity contribution is 6.53. The predicted molar refractivity (Wildman–Crippen MR) is 69.6 cm³/mol. The zero-order valence-corrected chi connectivity index (χ0v) is 12.3. The molecule has 3 amide bonds. The molecule has 6 nitrogen and oxygen atoms in total. The fourth-order valence-electron chi connectivity index (χ4n) is 1.55. The molecule has 1 aliphatic carbocycles. The molecule has 0 unspecified atom stereocenters. The van der Waals surface area contributed by atoms with Gasteiger partial charge in [-0.3, -0.25) is 14.9 Å². The van der Waals surface area contributed by atoms with Gasteiger partial charge in [-0.1, -0.05) is 13.8 Å². The number of hydrogen-bond donors (Lipinski definition) is 2. The maximum absolute atomic E-state index is 12.0. The summed E-state index contributed by atoms with van der Waals surface area (Å²) in [5.74, 6) is -1.77. The number of rotatable bonds is 4. The van der Waals surface area contributed by atoms with E-state index < -0.39 is 33.8 Å². The van der Waals surface area contributed by atoms with E-state index in [0.717, 1.165) is 0 Å². The Morgan fingerprint density at radius 3 is 2.11 bits per heavy atom. The summed E-state index contributed by atoms with van der Waals surface area (Å²) < 4.78 is 3.93. The van der Waals surface area contributed by atoms with Gasteiger partial charge in [-0.05, 0) is 12.8 Å². The molecule has 2 atom stereocenters. The Kier molecular flexibility index (Phi) is 4.37. The van der Waals surface area contributed by atoms with Gasteiger partial charge in [0.1, 0.15) is 9.75 Å². The highest BCUT2D eigenvalue weighted by Crippen LogP contribution is 2.64. The first-order valence-electron chi connectivity index (χ1n) is 5.70. The largest absolute Gasteiger partial charge is 0.451 e. The lowest BCUT2D eigenvalue weighted by molar-refractivity contribution is -0.163. The van der Waals surface area contributed by atoms with Crippen molar-refractivity contribution < 1.29 is 19.1 Å². The van der Waals surface area contributed by atoms with Gasteiger partial charge in [0.2, 0.25) is 0 Å². The molecule has 1 fully saturated rings. The van der Waals surface area contributed by atoms with Crippen LogP contribution in [0.1, 0.15) is 27.2 Å². The van der Waals surface area contributed by atoms with Crippen LogP contribution in [0.4, 0.5) is 4.79 Å². The Labute approximate surface area is 120 Å². The van der Waals surface area contributed by atoms with Crippen LogP contribution in [0.15, 0.2) is 0 Å². The fourth-order valence-corrected chi connectivity index (χ4v) is 2.24. The molecule has 0 heterocycles. The summed E-state index contributed by atoms with van der Waals surface area (Å²) in [5, 5.41) is 1.88. The molecule has 0 aromatic heterocycles. The molecular formula is C11H16Cl2N2O4. The average Bonchev–Trinajstić information content (AvgIpc) is 2.73. The third-order valence-corrected chi connectivity index (χ3v) is 4.15. The van der Waals surface area contributed by atoms with Crippen LogP contribution in [0.3, 0.4) is 0 Å². The highest BCUT2D eigenvalue weighted by atomic mass is 35.5. The van der Waals surface area contributed by atoms with Gasteiger partial charge in [-0.2, -0.15) is 0 Å². The lowest BCUT2D eigenvalue weighted by Gasteiger charge is -2.22. The van der Waals surface area contributed by atoms with Crippen molar-refractivity contribution in [3.63, 3.8) is 0 Å². The Hall–Kier alpha value is -1.01. The fraction of sp³-hybridized carbons (Fsp3) is 0.727. The van der Waals surface area contributed by atoms with E-state index in [2.05, 4.69) is 0 Å². The van der Waals surface area contributed by atoms with Crippen molar-refractivity contribution in [3.05, 3.63) is 0 Å². The molecule has 0 aromatic rings. The van der Waals surface area contributed by atoms with Crippen molar-refractivity contribution in [2.75, 3.05) is 0 Å². The summed E-state index contributed by atoms with van der Waals surface area (Å²) >= 11 is 11.7. The molecule has 8 heteroatoms. The number of ether oxygens (including phenoxy) is 1. The third kappa shape index (κ3) is 3.30. The Balaban J connectivity index is 2.73. The SMILES string of the molecule is CC(C)[C@H](OC(=O)[C@]1(C)CC1(Cl)Cl)C(=O)NC(N)=O. The maximum atomic E-state index is 12.0. The van der Waals surface area contributed by atoms with Crippen LogP contribution in [0, 0.1) is 11.3 Å². The van der Waals surface area contributed by atoms with Gasteiger partial charge in [0, 0.05) is 6.42 Å². The van der Waals surface area contributed by atoms with Crippen LogP contribution in [-0.4, -0.2) is 28.3 Å². The lowest BCUT2D eigenvalue weighted by atomic mass is 10.1. The predicted octanol–water partition coefficient (Wildman–Crippen LogP) is 1.33. The number of carbonyl (C=O) groups excluding carboxylic acids is 3. The van der Waals surface area contributed by atoms with Gasteiger partial charge in [-0.25, -0.2) is 4.79 Å². The van der Waals surface area contributed by atoms with Crippen LogP contribution in [0.25, 0.3) is 0 Å². The van der Waals surface area contributed by atoms with Gasteiger partial charge in [0.15, 0.2) is 6.10 Å². The monoisotopic (exact) mass is 310 g/mol. The Morgan fingerprint density at radius 1 is 1.32 bits per heavy atom. The second-order valence-electron chi connectivity index (χ2n) is 5.14. The third-order valence-electron chi connectivity index (χ3n) is 3.05. The van der Waals surface area contributed by atoms with Crippen LogP contribution >= 0.6 is 23.2 Å². The number of nitrogens with two attached hydrogens (primary N) is 1. The normalized spacial score (nSPS) is 25.6. The van der Waals surface area contributed by atoms with E-state index in [0.29, 0.717) is 0 Å². The van der Waals surface area contributed by atoms with Crippen LogP contribution in [0.5, 0.6) is 0 Å². The topological polar surface area (TPSA) is 98.5 Å². The number of imide groups is 1. The molecule has 0 aliphatic heterocycles. The number of amides is 3. The first-order chi connectivity index (χ1) is 8.51. The van der Waals surface area contributed by atoms with Gasteiger partial charge < -0.3 is 10.5 Å². The van der Waals surface area contributed by atoms with E-state index in [9.17, 15) is 14.4 Å². The van der Waals surface area contributed by atoms with E-state index >= 15 is 0 Å². The van der Waals surface area contributed by atoms with Crippen LogP contribution in [0.2, 0.25) is 0 Å². The quantitative estimate of drug-likeness (QED) is 0.604. The molecule has 3 N–H and O–H groups in total. The van der Waals surface area contributed by atoms with E-state index in [-0.39, 0.29) is 12.3 Å². The molecule has 0 saturated heterocycles.